The van der Waals surface area contributed by atoms with Crippen molar-refractivity contribution in [2.75, 3.05) is 5.32 Å². The predicted molar refractivity (Wildman–Crippen MR) is 85.2 cm³/mol. The van der Waals surface area contributed by atoms with Crippen LogP contribution in [0.15, 0.2) is 39.2 Å². The zero-order valence-corrected chi connectivity index (χ0v) is 13.3. The number of rotatable bonds is 5. The summed E-state index contributed by atoms with van der Waals surface area (Å²) in [6, 6.07) is 9.94. The van der Waals surface area contributed by atoms with Crippen molar-refractivity contribution in [2.24, 2.45) is 0 Å². The summed E-state index contributed by atoms with van der Waals surface area (Å²) in [7, 11) is 0. The van der Waals surface area contributed by atoms with Crippen LogP contribution in [0.1, 0.15) is 17.0 Å². The molecule has 0 radical (unpaired) electrons. The molecule has 0 aliphatic rings. The predicted octanol–water partition coefficient (Wildman–Crippen LogP) is 4.18. The number of thioether (sulfide) groups is 1. The van der Waals surface area contributed by atoms with Crippen LogP contribution in [0.4, 0.5) is 10.8 Å². The summed E-state index contributed by atoms with van der Waals surface area (Å²) in [5.74, 6) is 1.66. The van der Waals surface area contributed by atoms with Gasteiger partial charge >= 0.3 is 0 Å². The van der Waals surface area contributed by atoms with Crippen LogP contribution in [0, 0.1) is 13.8 Å². The molecule has 0 amide bonds. The molecule has 0 saturated carbocycles. The van der Waals surface area contributed by atoms with Crippen LogP contribution in [-0.2, 0) is 5.75 Å². The summed E-state index contributed by atoms with van der Waals surface area (Å²) in [5, 5.41) is 16.3. The lowest BCUT2D eigenvalue weighted by atomic mass is 10.2. The molecule has 0 fully saturated rings. The third-order valence-corrected chi connectivity index (χ3v) is 4.95. The fourth-order valence-electron chi connectivity index (χ4n) is 1.81. The summed E-state index contributed by atoms with van der Waals surface area (Å²) >= 11 is 3.18. The Hall–Kier alpha value is -1.86. The second-order valence-electron chi connectivity index (χ2n) is 4.46. The Morgan fingerprint density at radius 3 is 2.71 bits per heavy atom. The molecule has 7 heteroatoms. The number of anilines is 2. The van der Waals surface area contributed by atoms with Gasteiger partial charge in [0, 0.05) is 17.0 Å². The van der Waals surface area contributed by atoms with E-state index in [0.717, 1.165) is 37.9 Å². The van der Waals surface area contributed by atoms with Gasteiger partial charge in [-0.1, -0.05) is 46.5 Å². The van der Waals surface area contributed by atoms with Gasteiger partial charge in [-0.15, -0.1) is 10.2 Å². The van der Waals surface area contributed by atoms with E-state index in [0.29, 0.717) is 0 Å². The fourth-order valence-corrected chi connectivity index (χ4v) is 3.73. The van der Waals surface area contributed by atoms with Crippen molar-refractivity contribution < 1.29 is 4.52 Å². The van der Waals surface area contributed by atoms with Crippen molar-refractivity contribution in [1.29, 1.82) is 0 Å². The zero-order valence-electron chi connectivity index (χ0n) is 11.7. The number of hydrogen-bond donors (Lipinski definition) is 1. The number of aryl methyl sites for hydroxylation is 2. The quantitative estimate of drug-likeness (QED) is 0.712. The summed E-state index contributed by atoms with van der Waals surface area (Å²) in [4.78, 5) is 0. The lowest BCUT2D eigenvalue weighted by molar-refractivity contribution is 0.392. The molecular formula is C14H14N4OS2. The molecule has 5 nitrogen and oxygen atoms in total. The molecular weight excluding hydrogens is 304 g/mol. The maximum absolute atomic E-state index is 5.16. The Morgan fingerprint density at radius 1 is 1.19 bits per heavy atom. The molecule has 0 atom stereocenters. The van der Waals surface area contributed by atoms with E-state index in [2.05, 4.69) is 20.7 Å². The van der Waals surface area contributed by atoms with E-state index in [9.17, 15) is 0 Å². The van der Waals surface area contributed by atoms with E-state index >= 15 is 0 Å². The van der Waals surface area contributed by atoms with Crippen molar-refractivity contribution in [2.45, 2.75) is 23.9 Å². The van der Waals surface area contributed by atoms with E-state index in [1.807, 2.05) is 44.2 Å². The molecule has 0 unspecified atom stereocenters. The summed E-state index contributed by atoms with van der Waals surface area (Å²) < 4.78 is 6.08. The average molecular weight is 318 g/mol. The Labute approximate surface area is 130 Å². The molecule has 0 bridgehead atoms. The van der Waals surface area contributed by atoms with Crippen molar-refractivity contribution in [3.63, 3.8) is 0 Å². The number of aromatic nitrogens is 3. The molecule has 3 rings (SSSR count). The summed E-state index contributed by atoms with van der Waals surface area (Å²) in [5.41, 5.74) is 3.08. The maximum Gasteiger partial charge on any atom is 0.210 e. The topological polar surface area (TPSA) is 63.8 Å². The van der Waals surface area contributed by atoms with Gasteiger partial charge in [0.05, 0.1) is 5.69 Å². The van der Waals surface area contributed by atoms with Gasteiger partial charge in [0.25, 0.3) is 0 Å². The van der Waals surface area contributed by atoms with Gasteiger partial charge < -0.3 is 9.84 Å². The first-order valence-electron chi connectivity index (χ1n) is 6.42. The number of nitrogens with zero attached hydrogens (tertiary/aromatic N) is 3. The average Bonchev–Trinajstić information content (AvgIpc) is 3.06. The normalized spacial score (nSPS) is 10.8. The summed E-state index contributed by atoms with van der Waals surface area (Å²) in [6.45, 7) is 3.88. The third-order valence-electron chi connectivity index (χ3n) is 2.95. The van der Waals surface area contributed by atoms with Crippen molar-refractivity contribution in [1.82, 2.24) is 15.4 Å². The van der Waals surface area contributed by atoms with Crippen LogP contribution < -0.4 is 5.32 Å². The molecule has 21 heavy (non-hydrogen) atoms. The molecule has 2 heterocycles. The van der Waals surface area contributed by atoms with Crippen LogP contribution in [0.5, 0.6) is 0 Å². The second-order valence-corrected chi connectivity index (χ2v) is 6.66. The van der Waals surface area contributed by atoms with Gasteiger partial charge in [-0.2, -0.15) is 0 Å². The lowest BCUT2D eigenvalue weighted by Gasteiger charge is -1.99. The Morgan fingerprint density at radius 2 is 2.00 bits per heavy atom. The monoisotopic (exact) mass is 318 g/mol. The minimum atomic E-state index is 0.793. The minimum Gasteiger partial charge on any atom is -0.361 e. The van der Waals surface area contributed by atoms with Crippen molar-refractivity contribution in [3.8, 4) is 0 Å². The van der Waals surface area contributed by atoms with Gasteiger partial charge in [0.1, 0.15) is 5.76 Å². The molecule has 108 valence electrons. The van der Waals surface area contributed by atoms with E-state index in [-0.39, 0.29) is 0 Å². The van der Waals surface area contributed by atoms with Gasteiger partial charge in [0.15, 0.2) is 4.34 Å². The number of nitrogens with one attached hydrogen (secondary N) is 1. The van der Waals surface area contributed by atoms with Crippen molar-refractivity contribution in [3.05, 3.63) is 47.3 Å². The largest absolute Gasteiger partial charge is 0.361 e. The molecule has 2 aromatic heterocycles. The molecule has 0 saturated heterocycles. The highest BCUT2D eigenvalue weighted by Gasteiger charge is 2.11. The first-order valence-corrected chi connectivity index (χ1v) is 8.22. The van der Waals surface area contributed by atoms with Gasteiger partial charge in [-0.3, -0.25) is 0 Å². The molecule has 1 N–H and O–H groups in total. The number of para-hydroxylation sites is 1. The smallest absolute Gasteiger partial charge is 0.210 e. The maximum atomic E-state index is 5.16. The highest BCUT2D eigenvalue weighted by molar-refractivity contribution is 8.00. The fraction of sp³-hybridized carbons (Fsp3) is 0.214. The number of benzene rings is 1. The van der Waals surface area contributed by atoms with E-state index in [1.165, 1.54) is 11.3 Å². The first-order chi connectivity index (χ1) is 10.2. The van der Waals surface area contributed by atoms with Gasteiger partial charge in [0.2, 0.25) is 5.13 Å². The number of hydrogen-bond acceptors (Lipinski definition) is 7. The molecule has 1 aromatic carbocycles. The molecule has 0 spiro atoms. The molecule has 0 aliphatic carbocycles. The minimum absolute atomic E-state index is 0.793. The van der Waals surface area contributed by atoms with Crippen LogP contribution in [0.2, 0.25) is 0 Å². The second kappa shape index (κ2) is 6.28. The van der Waals surface area contributed by atoms with E-state index in [4.69, 9.17) is 4.52 Å². The van der Waals surface area contributed by atoms with Crippen LogP contribution in [0.3, 0.4) is 0 Å². The summed E-state index contributed by atoms with van der Waals surface area (Å²) in [6.07, 6.45) is 0. The molecule has 3 aromatic rings. The first kappa shape index (κ1) is 14.1. The van der Waals surface area contributed by atoms with E-state index < -0.39 is 0 Å². The van der Waals surface area contributed by atoms with E-state index in [1.54, 1.807) is 11.8 Å². The van der Waals surface area contributed by atoms with Gasteiger partial charge in [-0.25, -0.2) is 0 Å². The van der Waals surface area contributed by atoms with Crippen LogP contribution in [0.25, 0.3) is 0 Å². The van der Waals surface area contributed by atoms with Crippen LogP contribution >= 0.6 is 23.1 Å². The third kappa shape index (κ3) is 3.43. The SMILES string of the molecule is Cc1noc(C)c1CSc1nnc(Nc2ccccc2)s1. The van der Waals surface area contributed by atoms with Crippen LogP contribution in [-0.4, -0.2) is 15.4 Å². The standard InChI is InChI=1S/C14H14N4OS2/c1-9-12(10(2)19-18-9)8-20-14-17-16-13(21-14)15-11-6-4-3-5-7-11/h3-7H,8H2,1-2H3,(H,15,16). The Balaban J connectivity index is 1.63. The molecule has 0 aliphatic heterocycles. The highest BCUT2D eigenvalue weighted by atomic mass is 32.2. The zero-order chi connectivity index (χ0) is 14.7. The Kier molecular flexibility index (Phi) is 4.21. The Bertz CT molecular complexity index is 704. The van der Waals surface area contributed by atoms with Crippen molar-refractivity contribution >= 4 is 33.9 Å². The van der Waals surface area contributed by atoms with Gasteiger partial charge in [-0.05, 0) is 26.0 Å². The lowest BCUT2D eigenvalue weighted by Crippen LogP contribution is -1.87. The highest BCUT2D eigenvalue weighted by Crippen LogP contribution is 2.31.